The summed E-state index contributed by atoms with van der Waals surface area (Å²) in [5, 5.41) is 6.78. The summed E-state index contributed by atoms with van der Waals surface area (Å²) in [4.78, 5) is 16.5. The number of nitrogens with one attached hydrogen (secondary N) is 2. The second-order valence-corrected chi connectivity index (χ2v) is 6.00. The second kappa shape index (κ2) is 8.31. The molecule has 1 heterocycles. The number of para-hydroxylation sites is 1. The van der Waals surface area contributed by atoms with E-state index < -0.39 is 0 Å². The Hall–Kier alpha value is -2.85. The van der Waals surface area contributed by atoms with Gasteiger partial charge in [0.05, 0.1) is 5.56 Å². The smallest absolute Gasteiger partial charge is 0.252 e. The molecule has 0 saturated carbocycles. The van der Waals surface area contributed by atoms with Crippen molar-refractivity contribution in [1.82, 2.24) is 10.3 Å². The Bertz CT molecular complexity index is 835. The fourth-order valence-corrected chi connectivity index (χ4v) is 2.60. The summed E-state index contributed by atoms with van der Waals surface area (Å²) in [6.07, 6.45) is 2.30. The molecular formula is C20H18ClN3O. The number of nitrogens with zero attached hydrogens (tertiary/aromatic N) is 1. The van der Waals surface area contributed by atoms with E-state index in [4.69, 9.17) is 11.6 Å². The van der Waals surface area contributed by atoms with Gasteiger partial charge in [0.2, 0.25) is 0 Å². The van der Waals surface area contributed by atoms with E-state index in [-0.39, 0.29) is 5.91 Å². The minimum absolute atomic E-state index is 0.138. The van der Waals surface area contributed by atoms with Crippen LogP contribution in [0.4, 0.5) is 11.5 Å². The van der Waals surface area contributed by atoms with Crippen LogP contribution in [0, 0.1) is 0 Å². The normalized spacial score (nSPS) is 10.3. The average molecular weight is 352 g/mol. The largest absolute Gasteiger partial charge is 0.352 e. The van der Waals surface area contributed by atoms with Gasteiger partial charge in [-0.2, -0.15) is 0 Å². The molecule has 1 aromatic heterocycles. The van der Waals surface area contributed by atoms with Crippen LogP contribution in [0.5, 0.6) is 0 Å². The summed E-state index contributed by atoms with van der Waals surface area (Å²) in [6.45, 7) is 0.545. The molecule has 3 aromatic rings. The standard InChI is InChI=1S/C20H18ClN3O/c21-17-6-4-5-15(13-17)11-12-22-20(25)16-9-10-19(23-14-16)24-18-7-2-1-3-8-18/h1-10,13-14H,11-12H2,(H,22,25)(H,23,24). The molecule has 0 unspecified atom stereocenters. The van der Waals surface area contributed by atoms with Crippen LogP contribution in [0.1, 0.15) is 15.9 Å². The number of aromatic nitrogens is 1. The molecule has 126 valence electrons. The van der Waals surface area contributed by atoms with Crippen LogP contribution in [0.25, 0.3) is 0 Å². The summed E-state index contributed by atoms with van der Waals surface area (Å²) in [6, 6.07) is 20.9. The molecule has 0 bridgehead atoms. The van der Waals surface area contributed by atoms with E-state index in [0.29, 0.717) is 22.9 Å². The molecule has 25 heavy (non-hydrogen) atoms. The Kier molecular flexibility index (Phi) is 5.65. The first kappa shape index (κ1) is 17.0. The van der Waals surface area contributed by atoms with Gasteiger partial charge in [-0.1, -0.05) is 41.9 Å². The molecule has 4 nitrogen and oxygen atoms in total. The van der Waals surface area contributed by atoms with Crippen molar-refractivity contribution in [1.29, 1.82) is 0 Å². The second-order valence-electron chi connectivity index (χ2n) is 5.56. The monoisotopic (exact) mass is 351 g/mol. The maximum atomic E-state index is 12.2. The van der Waals surface area contributed by atoms with E-state index in [1.54, 1.807) is 18.3 Å². The van der Waals surface area contributed by atoms with Gasteiger partial charge in [-0.25, -0.2) is 4.98 Å². The van der Waals surface area contributed by atoms with Crippen molar-refractivity contribution in [3.63, 3.8) is 0 Å². The molecule has 5 heteroatoms. The molecule has 0 fully saturated rings. The van der Waals surface area contributed by atoms with Crippen LogP contribution in [-0.4, -0.2) is 17.4 Å². The van der Waals surface area contributed by atoms with Crippen LogP contribution >= 0.6 is 11.6 Å². The Labute approximate surface area is 151 Å². The SMILES string of the molecule is O=C(NCCc1cccc(Cl)c1)c1ccc(Nc2ccccc2)nc1. The van der Waals surface area contributed by atoms with E-state index in [0.717, 1.165) is 17.7 Å². The summed E-state index contributed by atoms with van der Waals surface area (Å²) in [5.74, 6) is 0.558. The highest BCUT2D eigenvalue weighted by Gasteiger charge is 2.06. The first-order valence-corrected chi connectivity index (χ1v) is 8.39. The lowest BCUT2D eigenvalue weighted by molar-refractivity contribution is 0.0954. The summed E-state index contributed by atoms with van der Waals surface area (Å²) in [5.41, 5.74) is 2.58. The van der Waals surface area contributed by atoms with Gasteiger partial charge in [-0.05, 0) is 48.4 Å². The third kappa shape index (κ3) is 5.06. The Morgan fingerprint density at radius 3 is 2.56 bits per heavy atom. The molecular weight excluding hydrogens is 334 g/mol. The number of benzene rings is 2. The van der Waals surface area contributed by atoms with E-state index in [1.807, 2.05) is 54.6 Å². The van der Waals surface area contributed by atoms with Crippen LogP contribution in [-0.2, 0) is 6.42 Å². The van der Waals surface area contributed by atoms with E-state index in [2.05, 4.69) is 15.6 Å². The van der Waals surface area contributed by atoms with Crippen molar-refractivity contribution in [3.8, 4) is 0 Å². The number of rotatable bonds is 6. The predicted molar refractivity (Wildman–Crippen MR) is 101 cm³/mol. The lowest BCUT2D eigenvalue weighted by atomic mass is 10.1. The highest BCUT2D eigenvalue weighted by Crippen LogP contribution is 2.14. The quantitative estimate of drug-likeness (QED) is 0.689. The number of halogens is 1. The summed E-state index contributed by atoms with van der Waals surface area (Å²) in [7, 11) is 0. The van der Waals surface area contributed by atoms with Crippen molar-refractivity contribution in [3.05, 3.63) is 89.1 Å². The number of pyridine rings is 1. The highest BCUT2D eigenvalue weighted by atomic mass is 35.5. The van der Waals surface area contributed by atoms with Crippen molar-refractivity contribution < 1.29 is 4.79 Å². The zero-order valence-corrected chi connectivity index (χ0v) is 14.3. The highest BCUT2D eigenvalue weighted by molar-refractivity contribution is 6.30. The van der Waals surface area contributed by atoms with E-state index in [9.17, 15) is 4.79 Å². The maximum absolute atomic E-state index is 12.2. The molecule has 0 aliphatic carbocycles. The fourth-order valence-electron chi connectivity index (χ4n) is 2.39. The van der Waals surface area contributed by atoms with Gasteiger partial charge in [-0.15, -0.1) is 0 Å². The van der Waals surface area contributed by atoms with Gasteiger partial charge in [-0.3, -0.25) is 4.79 Å². The molecule has 0 saturated heterocycles. The molecule has 3 rings (SSSR count). The predicted octanol–water partition coefficient (Wildman–Crippen LogP) is 4.45. The topological polar surface area (TPSA) is 54.0 Å². The van der Waals surface area contributed by atoms with E-state index in [1.165, 1.54) is 0 Å². The van der Waals surface area contributed by atoms with Gasteiger partial charge in [0.25, 0.3) is 5.91 Å². The lowest BCUT2D eigenvalue weighted by Crippen LogP contribution is -2.25. The van der Waals surface area contributed by atoms with Crippen molar-refractivity contribution in [2.75, 3.05) is 11.9 Å². The first-order valence-electron chi connectivity index (χ1n) is 8.01. The lowest BCUT2D eigenvalue weighted by Gasteiger charge is -2.08. The van der Waals surface area contributed by atoms with Crippen LogP contribution in [0.2, 0.25) is 5.02 Å². The third-order valence-electron chi connectivity index (χ3n) is 3.66. The van der Waals surface area contributed by atoms with Crippen molar-refractivity contribution in [2.24, 2.45) is 0 Å². The maximum Gasteiger partial charge on any atom is 0.252 e. The molecule has 0 aliphatic heterocycles. The Balaban J connectivity index is 1.52. The summed E-state index contributed by atoms with van der Waals surface area (Å²) >= 11 is 5.95. The molecule has 1 amide bonds. The fraction of sp³-hybridized carbons (Fsp3) is 0.100. The minimum Gasteiger partial charge on any atom is -0.352 e. The average Bonchev–Trinajstić information content (AvgIpc) is 2.63. The number of anilines is 2. The molecule has 0 spiro atoms. The first-order chi connectivity index (χ1) is 12.2. The number of amides is 1. The van der Waals surface area contributed by atoms with Crippen LogP contribution in [0.3, 0.4) is 0 Å². The molecule has 0 atom stereocenters. The Morgan fingerprint density at radius 2 is 1.84 bits per heavy atom. The van der Waals surface area contributed by atoms with Gasteiger partial charge in [0.15, 0.2) is 0 Å². The molecule has 0 radical (unpaired) electrons. The van der Waals surface area contributed by atoms with Gasteiger partial charge < -0.3 is 10.6 Å². The molecule has 2 N–H and O–H groups in total. The number of hydrogen-bond acceptors (Lipinski definition) is 3. The van der Waals surface area contributed by atoms with Crippen molar-refractivity contribution in [2.45, 2.75) is 6.42 Å². The van der Waals surface area contributed by atoms with Gasteiger partial charge in [0.1, 0.15) is 5.82 Å². The Morgan fingerprint density at radius 1 is 1.00 bits per heavy atom. The number of carbonyl (C=O) groups excluding carboxylic acids is 1. The zero-order valence-electron chi connectivity index (χ0n) is 13.6. The number of hydrogen-bond donors (Lipinski definition) is 2. The molecule has 0 aliphatic rings. The van der Waals surface area contributed by atoms with E-state index >= 15 is 0 Å². The third-order valence-corrected chi connectivity index (χ3v) is 3.90. The number of carbonyl (C=O) groups is 1. The zero-order chi connectivity index (χ0) is 17.5. The van der Waals surface area contributed by atoms with Gasteiger partial charge in [0, 0.05) is 23.5 Å². The minimum atomic E-state index is -0.138. The van der Waals surface area contributed by atoms with Crippen LogP contribution in [0.15, 0.2) is 72.9 Å². The van der Waals surface area contributed by atoms with Gasteiger partial charge >= 0.3 is 0 Å². The summed E-state index contributed by atoms with van der Waals surface area (Å²) < 4.78 is 0. The molecule has 2 aromatic carbocycles. The van der Waals surface area contributed by atoms with Crippen molar-refractivity contribution >= 4 is 29.0 Å². The van der Waals surface area contributed by atoms with Crippen LogP contribution < -0.4 is 10.6 Å².